The van der Waals surface area contributed by atoms with Gasteiger partial charge >= 0.3 is 11.9 Å². The molecule has 12 atom stereocenters. The Morgan fingerprint density at radius 2 is 1.00 bits per heavy atom. The monoisotopic (exact) mass is 618 g/mol. The highest BCUT2D eigenvalue weighted by Gasteiger charge is 2.55. The molecule has 0 aromatic rings. The van der Waals surface area contributed by atoms with Crippen LogP contribution in [0.4, 0.5) is 0 Å². The molecule has 2 aliphatic heterocycles. The summed E-state index contributed by atoms with van der Waals surface area (Å²) in [5, 5.41) is 118. The van der Waals surface area contributed by atoms with Crippen molar-refractivity contribution >= 4 is 23.8 Å². The molecule has 244 valence electrons. The van der Waals surface area contributed by atoms with Crippen LogP contribution in [0.15, 0.2) is 0 Å². The standard InChI is InChI=1S/2C11H19NO9/c2*1-4(14)12-7-5(15)2-11(20,10(18)19)21-9(7)8(17)6(16)3-13/h2*5-9,13,15-17,20H,2-3H2,1H3,(H,12,14)(H,18,19)/t5-,6+,7+,8?,9+,11?;5-,6+,7+,8+,9+,11?/m00/s1. The van der Waals surface area contributed by atoms with Crippen LogP contribution in [0.25, 0.3) is 0 Å². The van der Waals surface area contributed by atoms with Gasteiger partial charge in [0.1, 0.15) is 36.6 Å². The van der Waals surface area contributed by atoms with Gasteiger partial charge in [-0.3, -0.25) is 9.59 Å². The second kappa shape index (κ2) is 15.2. The molecule has 20 nitrogen and oxygen atoms in total. The predicted octanol–water partition coefficient (Wildman–Crippen LogP) is -7.74. The van der Waals surface area contributed by atoms with Crippen molar-refractivity contribution in [2.75, 3.05) is 13.2 Å². The van der Waals surface area contributed by atoms with Gasteiger partial charge in [-0.05, 0) is 0 Å². The molecule has 0 bridgehead atoms. The number of aliphatic carboxylic acids is 2. The summed E-state index contributed by atoms with van der Waals surface area (Å²) < 4.78 is 9.73. The first kappa shape index (κ1) is 37.4. The zero-order valence-electron chi connectivity index (χ0n) is 22.4. The third-order valence-electron chi connectivity index (χ3n) is 6.41. The summed E-state index contributed by atoms with van der Waals surface area (Å²) in [6, 6.07) is -2.53. The van der Waals surface area contributed by atoms with Crippen molar-refractivity contribution in [3.8, 4) is 0 Å². The molecule has 20 heteroatoms. The Morgan fingerprint density at radius 3 is 1.21 bits per heavy atom. The lowest BCUT2D eigenvalue weighted by Gasteiger charge is -2.44. The summed E-state index contributed by atoms with van der Waals surface area (Å²) in [6.45, 7) is 0.512. The minimum Gasteiger partial charge on any atom is -0.477 e. The fraction of sp³-hybridized carbons (Fsp3) is 0.818. The first-order valence-electron chi connectivity index (χ1n) is 12.4. The SMILES string of the molecule is CC(=O)N[C@@H]1[C@@H](O)CC(O)(C(=O)O)O[C@H]1C(O)[C@H](O)CO.CC(=O)N[C@H]1[C@H]([C@H](O)[C@H](O)CO)OC(O)(C(=O)O)C[C@@H]1O. The Labute approximate surface area is 237 Å². The molecule has 2 fully saturated rings. The number of carbonyl (C=O) groups excluding carboxylic acids is 2. The quantitative estimate of drug-likeness (QED) is 0.108. The van der Waals surface area contributed by atoms with E-state index in [1.165, 1.54) is 0 Å². The lowest BCUT2D eigenvalue weighted by Crippen LogP contribution is -2.67. The van der Waals surface area contributed by atoms with Crippen LogP contribution in [-0.2, 0) is 28.7 Å². The number of hydrogen-bond acceptors (Lipinski definition) is 16. The van der Waals surface area contributed by atoms with E-state index in [0.717, 1.165) is 13.8 Å². The topological polar surface area (TPSA) is 354 Å². The zero-order valence-corrected chi connectivity index (χ0v) is 22.4. The Bertz CT molecular complexity index is 880. The minimum absolute atomic E-state index is 0.598. The van der Waals surface area contributed by atoms with Crippen molar-refractivity contribution in [2.45, 2.75) is 99.2 Å². The fourth-order valence-corrected chi connectivity index (χ4v) is 4.27. The van der Waals surface area contributed by atoms with E-state index in [4.69, 9.17) is 29.9 Å². The molecule has 0 aliphatic carbocycles. The third kappa shape index (κ3) is 9.20. The molecule has 3 unspecified atom stereocenters. The van der Waals surface area contributed by atoms with Gasteiger partial charge in [0.15, 0.2) is 0 Å². The lowest BCUT2D eigenvalue weighted by atomic mass is 9.88. The molecule has 0 spiro atoms. The molecule has 0 saturated carbocycles. The van der Waals surface area contributed by atoms with Crippen molar-refractivity contribution < 1.29 is 89.9 Å². The van der Waals surface area contributed by atoms with Crippen molar-refractivity contribution in [3.63, 3.8) is 0 Å². The zero-order chi connectivity index (χ0) is 32.7. The normalized spacial score (nSPS) is 35.8. The van der Waals surface area contributed by atoms with Crippen LogP contribution in [0, 0.1) is 0 Å². The van der Waals surface area contributed by atoms with E-state index < -0.39 is 122 Å². The van der Waals surface area contributed by atoms with Gasteiger partial charge in [-0.15, -0.1) is 0 Å². The lowest BCUT2D eigenvalue weighted by molar-refractivity contribution is -0.295. The maximum absolute atomic E-state index is 11.1. The number of amides is 2. The van der Waals surface area contributed by atoms with Gasteiger partial charge in [-0.2, -0.15) is 0 Å². The van der Waals surface area contributed by atoms with Crippen molar-refractivity contribution in [2.24, 2.45) is 0 Å². The van der Waals surface area contributed by atoms with Gasteiger partial charge in [-0.25, -0.2) is 9.59 Å². The molecule has 2 amide bonds. The smallest absolute Gasteiger partial charge is 0.364 e. The summed E-state index contributed by atoms with van der Waals surface area (Å²) in [5.74, 6) is -10.3. The number of aliphatic hydroxyl groups excluding tert-OH is 8. The highest BCUT2D eigenvalue weighted by molar-refractivity contribution is 5.77. The van der Waals surface area contributed by atoms with Crippen molar-refractivity contribution in [3.05, 3.63) is 0 Å². The van der Waals surface area contributed by atoms with Gasteiger partial charge in [0.25, 0.3) is 11.6 Å². The molecular weight excluding hydrogens is 580 g/mol. The first-order chi connectivity index (χ1) is 19.2. The van der Waals surface area contributed by atoms with Crippen LogP contribution < -0.4 is 10.6 Å². The van der Waals surface area contributed by atoms with Gasteiger partial charge < -0.3 is 81.4 Å². The second-order valence-electron chi connectivity index (χ2n) is 9.82. The highest BCUT2D eigenvalue weighted by Crippen LogP contribution is 2.31. The van der Waals surface area contributed by atoms with E-state index in [1.807, 2.05) is 0 Å². The van der Waals surface area contributed by atoms with E-state index in [1.54, 1.807) is 0 Å². The van der Waals surface area contributed by atoms with E-state index in [2.05, 4.69) is 10.6 Å². The Kier molecular flexibility index (Phi) is 13.6. The van der Waals surface area contributed by atoms with Crippen LogP contribution in [0.1, 0.15) is 26.7 Å². The van der Waals surface area contributed by atoms with Gasteiger partial charge in [0.05, 0.1) is 37.5 Å². The number of rotatable bonds is 10. The summed E-state index contributed by atoms with van der Waals surface area (Å²) in [7, 11) is 0. The summed E-state index contributed by atoms with van der Waals surface area (Å²) in [6.07, 6.45) is -15.0. The maximum atomic E-state index is 11.1. The van der Waals surface area contributed by atoms with E-state index in [0.29, 0.717) is 0 Å². The Morgan fingerprint density at radius 1 is 0.714 bits per heavy atom. The molecule has 2 heterocycles. The molecular formula is C22H38N2O18. The number of carboxylic acid groups (broad SMARTS) is 2. The first-order valence-corrected chi connectivity index (χ1v) is 12.4. The number of carboxylic acids is 2. The average molecular weight is 619 g/mol. The molecule has 2 rings (SSSR count). The third-order valence-corrected chi connectivity index (χ3v) is 6.41. The van der Waals surface area contributed by atoms with Crippen LogP contribution in [0.2, 0.25) is 0 Å². The Balaban J connectivity index is 0.000000420. The number of aliphatic hydroxyl groups is 10. The molecule has 0 radical (unpaired) electrons. The van der Waals surface area contributed by atoms with Crippen LogP contribution in [0.5, 0.6) is 0 Å². The molecule has 0 aromatic heterocycles. The molecule has 2 saturated heterocycles. The van der Waals surface area contributed by atoms with Crippen LogP contribution >= 0.6 is 0 Å². The molecule has 14 N–H and O–H groups in total. The maximum Gasteiger partial charge on any atom is 0.364 e. The van der Waals surface area contributed by atoms with Gasteiger partial charge in [0, 0.05) is 26.7 Å². The average Bonchev–Trinajstić information content (AvgIpc) is 2.89. The van der Waals surface area contributed by atoms with Crippen molar-refractivity contribution in [1.82, 2.24) is 10.6 Å². The highest BCUT2D eigenvalue weighted by atomic mass is 16.7. The second-order valence-corrected chi connectivity index (χ2v) is 9.82. The van der Waals surface area contributed by atoms with Crippen LogP contribution in [-0.4, -0.2) is 171 Å². The van der Waals surface area contributed by atoms with Gasteiger partial charge in [-0.1, -0.05) is 0 Å². The number of carbonyl (C=O) groups is 4. The molecule has 2 aliphatic rings. The van der Waals surface area contributed by atoms with E-state index in [-0.39, 0.29) is 0 Å². The summed E-state index contributed by atoms with van der Waals surface area (Å²) in [5.41, 5.74) is 0. The molecule has 42 heavy (non-hydrogen) atoms. The molecule has 0 aromatic carbocycles. The largest absolute Gasteiger partial charge is 0.477 e. The Hall–Kier alpha value is -2.60. The number of hydrogen-bond donors (Lipinski definition) is 14. The van der Waals surface area contributed by atoms with Gasteiger partial charge in [0.2, 0.25) is 11.8 Å². The fourth-order valence-electron chi connectivity index (χ4n) is 4.27. The van der Waals surface area contributed by atoms with Crippen molar-refractivity contribution in [1.29, 1.82) is 0 Å². The van der Waals surface area contributed by atoms with E-state index in [9.17, 15) is 60.0 Å². The predicted molar refractivity (Wildman–Crippen MR) is 130 cm³/mol. The van der Waals surface area contributed by atoms with Crippen LogP contribution in [0.3, 0.4) is 0 Å². The summed E-state index contributed by atoms with van der Waals surface area (Å²) in [4.78, 5) is 44.2. The number of ether oxygens (including phenoxy) is 2. The minimum atomic E-state index is -2.78. The van der Waals surface area contributed by atoms with E-state index >= 15 is 0 Å². The summed E-state index contributed by atoms with van der Waals surface area (Å²) >= 11 is 0. The number of nitrogens with one attached hydrogen (secondary N) is 2.